The molecule has 6 heteroatoms. The standard InChI is InChI=1S/C21H21FN2O3/c1-3-27-20(25)18-14(2)24(13-15-9-5-4-6-10-15)21(26)23-19(18)16-11-7-8-12-17(16)22/h4-12,19H,3,13H2,1-2H3,(H,23,26)/t19-/m1/s1. The molecule has 1 aliphatic heterocycles. The summed E-state index contributed by atoms with van der Waals surface area (Å²) in [5, 5.41) is 2.75. The number of ether oxygens (including phenoxy) is 1. The normalized spacial score (nSPS) is 16.9. The lowest BCUT2D eigenvalue weighted by atomic mass is 9.94. The number of carbonyl (C=O) groups excluding carboxylic acids is 2. The molecule has 1 atom stereocenters. The van der Waals surface area contributed by atoms with Crippen molar-refractivity contribution in [2.75, 3.05) is 6.61 Å². The molecule has 0 bridgehead atoms. The van der Waals surface area contributed by atoms with E-state index in [0.717, 1.165) is 5.56 Å². The fraction of sp³-hybridized carbons (Fsp3) is 0.238. The average molecular weight is 368 g/mol. The molecule has 1 heterocycles. The van der Waals surface area contributed by atoms with Gasteiger partial charge in [0.05, 0.1) is 24.8 Å². The number of halogens is 1. The van der Waals surface area contributed by atoms with Crippen LogP contribution in [0.2, 0.25) is 0 Å². The summed E-state index contributed by atoms with van der Waals surface area (Å²) in [5.41, 5.74) is 1.83. The minimum absolute atomic E-state index is 0.187. The summed E-state index contributed by atoms with van der Waals surface area (Å²) in [5.74, 6) is -1.06. The lowest BCUT2D eigenvalue weighted by Gasteiger charge is -2.35. The first-order valence-corrected chi connectivity index (χ1v) is 8.77. The van der Waals surface area contributed by atoms with Crippen LogP contribution in [-0.2, 0) is 16.1 Å². The first kappa shape index (κ1) is 18.6. The van der Waals surface area contributed by atoms with Crippen LogP contribution in [0.4, 0.5) is 9.18 Å². The number of nitrogens with zero attached hydrogens (tertiary/aromatic N) is 1. The molecule has 2 aromatic rings. The van der Waals surface area contributed by atoms with Gasteiger partial charge in [-0.3, -0.25) is 4.90 Å². The second-order valence-electron chi connectivity index (χ2n) is 6.20. The number of hydrogen-bond donors (Lipinski definition) is 1. The minimum Gasteiger partial charge on any atom is -0.463 e. The van der Waals surface area contributed by atoms with Gasteiger partial charge in [0.15, 0.2) is 0 Å². The molecule has 5 nitrogen and oxygen atoms in total. The molecule has 0 radical (unpaired) electrons. The summed E-state index contributed by atoms with van der Waals surface area (Å²) in [6, 6.07) is 14.2. The van der Waals surface area contributed by atoms with Crippen LogP contribution < -0.4 is 5.32 Å². The van der Waals surface area contributed by atoms with Gasteiger partial charge in [0.1, 0.15) is 5.82 Å². The van der Waals surface area contributed by atoms with Crippen molar-refractivity contribution in [3.63, 3.8) is 0 Å². The fourth-order valence-electron chi connectivity index (χ4n) is 3.15. The maximum atomic E-state index is 14.4. The summed E-state index contributed by atoms with van der Waals surface area (Å²) < 4.78 is 19.5. The maximum absolute atomic E-state index is 14.4. The van der Waals surface area contributed by atoms with E-state index >= 15 is 0 Å². The van der Waals surface area contributed by atoms with E-state index in [9.17, 15) is 14.0 Å². The summed E-state index contributed by atoms with van der Waals surface area (Å²) in [6.07, 6.45) is 0. The minimum atomic E-state index is -0.898. The molecule has 3 rings (SSSR count). The predicted molar refractivity (Wildman–Crippen MR) is 99.0 cm³/mol. The van der Waals surface area contributed by atoms with Crippen molar-refractivity contribution >= 4 is 12.0 Å². The molecule has 0 aromatic heterocycles. The van der Waals surface area contributed by atoms with E-state index in [1.807, 2.05) is 30.3 Å². The first-order valence-electron chi connectivity index (χ1n) is 8.77. The van der Waals surface area contributed by atoms with Crippen molar-refractivity contribution < 1.29 is 18.7 Å². The fourth-order valence-corrected chi connectivity index (χ4v) is 3.15. The molecule has 0 spiro atoms. The van der Waals surface area contributed by atoms with Crippen molar-refractivity contribution in [1.29, 1.82) is 0 Å². The smallest absolute Gasteiger partial charge is 0.338 e. The molecule has 1 aliphatic rings. The molecule has 0 aliphatic carbocycles. The van der Waals surface area contributed by atoms with E-state index in [-0.39, 0.29) is 17.7 Å². The van der Waals surface area contributed by atoms with Gasteiger partial charge in [0.2, 0.25) is 0 Å². The highest BCUT2D eigenvalue weighted by Gasteiger charge is 2.37. The van der Waals surface area contributed by atoms with Gasteiger partial charge in [-0.2, -0.15) is 0 Å². The van der Waals surface area contributed by atoms with Gasteiger partial charge < -0.3 is 10.1 Å². The van der Waals surface area contributed by atoms with Gasteiger partial charge >= 0.3 is 12.0 Å². The molecule has 0 saturated heterocycles. The third-order valence-electron chi connectivity index (χ3n) is 4.49. The molecular weight excluding hydrogens is 347 g/mol. The van der Waals surface area contributed by atoms with Crippen LogP contribution in [0, 0.1) is 5.82 Å². The zero-order valence-corrected chi connectivity index (χ0v) is 15.2. The predicted octanol–water partition coefficient (Wildman–Crippen LogP) is 3.93. The van der Waals surface area contributed by atoms with E-state index in [2.05, 4.69) is 5.32 Å². The number of hydrogen-bond acceptors (Lipinski definition) is 3. The maximum Gasteiger partial charge on any atom is 0.338 e. The van der Waals surface area contributed by atoms with Crippen molar-refractivity contribution in [1.82, 2.24) is 10.2 Å². The topological polar surface area (TPSA) is 58.6 Å². The quantitative estimate of drug-likeness (QED) is 0.814. The lowest BCUT2D eigenvalue weighted by Crippen LogP contribution is -2.47. The van der Waals surface area contributed by atoms with Crippen LogP contribution in [0.25, 0.3) is 0 Å². The van der Waals surface area contributed by atoms with Crippen LogP contribution >= 0.6 is 0 Å². The molecule has 1 N–H and O–H groups in total. The molecule has 2 aromatic carbocycles. The SMILES string of the molecule is CCOC(=O)C1=C(C)N(Cc2ccccc2)C(=O)N[C@@H]1c1ccccc1F. The van der Waals surface area contributed by atoms with E-state index in [1.165, 1.54) is 11.0 Å². The van der Waals surface area contributed by atoms with Crippen molar-refractivity contribution in [3.8, 4) is 0 Å². The number of carbonyl (C=O) groups is 2. The molecule has 27 heavy (non-hydrogen) atoms. The number of urea groups is 1. The van der Waals surface area contributed by atoms with Crippen molar-refractivity contribution in [2.45, 2.75) is 26.4 Å². The van der Waals surface area contributed by atoms with Gasteiger partial charge in [0, 0.05) is 11.3 Å². The number of rotatable bonds is 5. The zero-order chi connectivity index (χ0) is 19.4. The van der Waals surface area contributed by atoms with Crippen LogP contribution in [-0.4, -0.2) is 23.5 Å². The average Bonchev–Trinajstić information content (AvgIpc) is 2.66. The Kier molecular flexibility index (Phi) is 5.54. The highest BCUT2D eigenvalue weighted by molar-refractivity contribution is 5.95. The monoisotopic (exact) mass is 368 g/mol. The van der Waals surface area contributed by atoms with Crippen LogP contribution in [0.15, 0.2) is 65.9 Å². The van der Waals surface area contributed by atoms with Crippen LogP contribution in [0.3, 0.4) is 0 Å². The Morgan fingerprint density at radius 1 is 1.15 bits per heavy atom. The molecule has 0 unspecified atom stereocenters. The molecule has 0 saturated carbocycles. The molecule has 2 amide bonds. The Labute approximate surface area is 157 Å². The number of benzene rings is 2. The molecular formula is C21H21FN2O3. The third kappa shape index (κ3) is 3.84. The van der Waals surface area contributed by atoms with Gasteiger partial charge in [-0.05, 0) is 25.5 Å². The second-order valence-corrected chi connectivity index (χ2v) is 6.20. The van der Waals surface area contributed by atoms with Crippen molar-refractivity contribution in [2.24, 2.45) is 0 Å². The van der Waals surface area contributed by atoms with E-state index in [4.69, 9.17) is 4.74 Å². The zero-order valence-electron chi connectivity index (χ0n) is 15.2. The molecule has 0 fully saturated rings. The Morgan fingerprint density at radius 2 is 1.81 bits per heavy atom. The van der Waals surface area contributed by atoms with E-state index in [1.54, 1.807) is 32.0 Å². The highest BCUT2D eigenvalue weighted by atomic mass is 19.1. The Hall–Kier alpha value is -3.15. The van der Waals surface area contributed by atoms with E-state index in [0.29, 0.717) is 12.2 Å². The summed E-state index contributed by atoms with van der Waals surface area (Å²) >= 11 is 0. The van der Waals surface area contributed by atoms with Crippen LogP contribution in [0.5, 0.6) is 0 Å². The third-order valence-corrected chi connectivity index (χ3v) is 4.49. The lowest BCUT2D eigenvalue weighted by molar-refractivity contribution is -0.139. The first-order chi connectivity index (χ1) is 13.0. The Balaban J connectivity index is 2.05. The van der Waals surface area contributed by atoms with Gasteiger partial charge in [-0.15, -0.1) is 0 Å². The highest BCUT2D eigenvalue weighted by Crippen LogP contribution is 2.33. The van der Waals surface area contributed by atoms with E-state index < -0.39 is 23.9 Å². The van der Waals surface area contributed by atoms with Gasteiger partial charge in [-0.25, -0.2) is 14.0 Å². The largest absolute Gasteiger partial charge is 0.463 e. The number of allylic oxidation sites excluding steroid dienone is 1. The molecule has 140 valence electrons. The summed E-state index contributed by atoms with van der Waals surface area (Å²) in [4.78, 5) is 26.8. The number of nitrogens with one attached hydrogen (secondary N) is 1. The summed E-state index contributed by atoms with van der Waals surface area (Å²) in [7, 11) is 0. The van der Waals surface area contributed by atoms with Gasteiger partial charge in [0.25, 0.3) is 0 Å². The Morgan fingerprint density at radius 3 is 2.48 bits per heavy atom. The van der Waals surface area contributed by atoms with Crippen molar-refractivity contribution in [3.05, 3.63) is 82.8 Å². The van der Waals surface area contributed by atoms with Gasteiger partial charge in [-0.1, -0.05) is 48.5 Å². The summed E-state index contributed by atoms with van der Waals surface area (Å²) in [6.45, 7) is 3.87. The Bertz CT molecular complexity index is 880. The second kappa shape index (κ2) is 8.03. The van der Waals surface area contributed by atoms with Crippen LogP contribution in [0.1, 0.15) is 31.0 Å². The number of amides is 2. The number of esters is 1.